The van der Waals surface area contributed by atoms with Crippen molar-refractivity contribution in [2.45, 2.75) is 25.4 Å². The van der Waals surface area contributed by atoms with Crippen molar-refractivity contribution in [3.63, 3.8) is 0 Å². The van der Waals surface area contributed by atoms with Gasteiger partial charge in [0.05, 0.1) is 11.4 Å². The van der Waals surface area contributed by atoms with Crippen molar-refractivity contribution >= 4 is 39.4 Å². The number of pyridine rings is 1. The quantitative estimate of drug-likeness (QED) is 0.278. The highest BCUT2D eigenvalue weighted by molar-refractivity contribution is 6.74. The average molecular weight is 414 g/mol. The number of rotatable bonds is 9. The minimum atomic E-state index is -1.08. The predicted octanol–water partition coefficient (Wildman–Crippen LogP) is 2.10. The molecule has 1 saturated heterocycles. The highest BCUT2D eigenvalue weighted by Gasteiger charge is 2.27. The molecule has 0 radical (unpaired) electrons. The van der Waals surface area contributed by atoms with Crippen LogP contribution >= 0.6 is 23.2 Å². The maximum absolute atomic E-state index is 11.8. The number of halogens is 2. The van der Waals surface area contributed by atoms with Crippen LogP contribution in [0.5, 0.6) is 0 Å². The van der Waals surface area contributed by atoms with Crippen molar-refractivity contribution in [2.75, 3.05) is 26.2 Å². The lowest BCUT2D eigenvalue weighted by atomic mass is 10.1. The standard InChI is InChI=1S/C18H21Cl2N3O4/c19-17(25)14(15(21)13-6-2-3-7-22-13)16(18(20)26)27-11-12(24)10-23-8-4-1-5-9-23/h2-3,6-7,12,21,24H,1,4-5,8-11H2/b16-14+,21-15?. The number of aromatic nitrogens is 1. The van der Waals surface area contributed by atoms with Crippen molar-refractivity contribution in [3.8, 4) is 0 Å². The third kappa shape index (κ3) is 6.39. The van der Waals surface area contributed by atoms with E-state index in [1.165, 1.54) is 18.7 Å². The Kier molecular flexibility index (Phi) is 8.37. The molecule has 0 spiro atoms. The predicted molar refractivity (Wildman–Crippen MR) is 102 cm³/mol. The van der Waals surface area contributed by atoms with Crippen LogP contribution in [0.4, 0.5) is 0 Å². The summed E-state index contributed by atoms with van der Waals surface area (Å²) in [5, 5.41) is 16.2. The Bertz CT molecular complexity index is 719. The van der Waals surface area contributed by atoms with Crippen molar-refractivity contribution in [3.05, 3.63) is 41.4 Å². The first kappa shape index (κ1) is 21.5. The molecule has 1 aliphatic rings. The molecule has 0 aliphatic carbocycles. The zero-order valence-electron chi connectivity index (χ0n) is 14.7. The number of piperidine rings is 1. The van der Waals surface area contributed by atoms with Gasteiger partial charge in [0.2, 0.25) is 0 Å². The molecule has 27 heavy (non-hydrogen) atoms. The van der Waals surface area contributed by atoms with E-state index in [1.54, 1.807) is 12.1 Å². The number of carbonyl (C=O) groups excluding carboxylic acids is 2. The number of hydrogen-bond acceptors (Lipinski definition) is 7. The van der Waals surface area contributed by atoms with Gasteiger partial charge in [-0.05, 0) is 61.3 Å². The molecule has 7 nitrogen and oxygen atoms in total. The molecule has 0 saturated carbocycles. The van der Waals surface area contributed by atoms with Crippen LogP contribution in [-0.4, -0.2) is 63.5 Å². The van der Waals surface area contributed by atoms with E-state index < -0.39 is 27.9 Å². The SMILES string of the molecule is N=C(/C(C(=O)Cl)=C(\OCC(O)CN1CCCCC1)C(=O)Cl)c1ccccn1. The zero-order valence-corrected chi connectivity index (χ0v) is 16.2. The van der Waals surface area contributed by atoms with Crippen LogP contribution in [0.15, 0.2) is 35.7 Å². The molecule has 1 fully saturated rings. The molecular weight excluding hydrogens is 393 g/mol. The Labute approximate surface area is 167 Å². The highest BCUT2D eigenvalue weighted by atomic mass is 35.5. The van der Waals surface area contributed by atoms with Gasteiger partial charge < -0.3 is 14.7 Å². The minimum Gasteiger partial charge on any atom is -0.485 e. The van der Waals surface area contributed by atoms with Gasteiger partial charge in [0.25, 0.3) is 10.5 Å². The largest absolute Gasteiger partial charge is 0.485 e. The van der Waals surface area contributed by atoms with Gasteiger partial charge >= 0.3 is 0 Å². The summed E-state index contributed by atoms with van der Waals surface area (Å²) in [5.41, 5.74) is -0.736. The Morgan fingerprint density at radius 2 is 1.93 bits per heavy atom. The normalized spacial score (nSPS) is 17.0. The van der Waals surface area contributed by atoms with E-state index in [1.807, 2.05) is 0 Å². The maximum atomic E-state index is 11.8. The second kappa shape index (κ2) is 10.5. The van der Waals surface area contributed by atoms with Crippen LogP contribution in [0.2, 0.25) is 0 Å². The summed E-state index contributed by atoms with van der Waals surface area (Å²) >= 11 is 11.1. The number of hydrogen-bond donors (Lipinski definition) is 2. The van der Waals surface area contributed by atoms with Crippen LogP contribution < -0.4 is 0 Å². The fourth-order valence-corrected chi connectivity index (χ4v) is 3.17. The van der Waals surface area contributed by atoms with E-state index in [9.17, 15) is 14.7 Å². The Morgan fingerprint density at radius 1 is 1.22 bits per heavy atom. The molecule has 9 heteroatoms. The maximum Gasteiger partial charge on any atom is 0.288 e. The lowest BCUT2D eigenvalue weighted by molar-refractivity contribution is -0.113. The molecule has 1 unspecified atom stereocenters. The molecule has 1 aromatic rings. The summed E-state index contributed by atoms with van der Waals surface area (Å²) < 4.78 is 5.32. The molecule has 1 atom stereocenters. The molecule has 0 aromatic carbocycles. The van der Waals surface area contributed by atoms with Crippen molar-refractivity contribution in [2.24, 2.45) is 0 Å². The number of β-amino-alcohol motifs (C(OH)–C–C–N with tert-alkyl or cyclic N) is 1. The number of aliphatic hydroxyl groups is 1. The number of nitrogens with zero attached hydrogens (tertiary/aromatic N) is 2. The van der Waals surface area contributed by atoms with Crippen molar-refractivity contribution in [1.82, 2.24) is 9.88 Å². The van der Waals surface area contributed by atoms with Gasteiger partial charge in [-0.25, -0.2) is 0 Å². The number of likely N-dealkylation sites (tertiary alicyclic amines) is 1. The van der Waals surface area contributed by atoms with E-state index in [-0.39, 0.29) is 18.0 Å². The molecule has 146 valence electrons. The summed E-state index contributed by atoms with van der Waals surface area (Å²) in [7, 11) is 0. The third-order valence-corrected chi connectivity index (χ3v) is 4.47. The van der Waals surface area contributed by atoms with Gasteiger partial charge in [0.15, 0.2) is 5.76 Å². The molecule has 1 aliphatic heterocycles. The molecular formula is C18H21Cl2N3O4. The lowest BCUT2D eigenvalue weighted by Gasteiger charge is -2.28. The Morgan fingerprint density at radius 3 is 2.48 bits per heavy atom. The van der Waals surface area contributed by atoms with Gasteiger partial charge in [0.1, 0.15) is 18.3 Å². The van der Waals surface area contributed by atoms with Crippen LogP contribution in [0, 0.1) is 5.41 Å². The number of nitrogens with one attached hydrogen (secondary N) is 1. The van der Waals surface area contributed by atoms with Gasteiger partial charge in [0, 0.05) is 12.7 Å². The number of ether oxygens (including phenoxy) is 1. The van der Waals surface area contributed by atoms with E-state index in [0.717, 1.165) is 25.9 Å². The molecule has 2 rings (SSSR count). The Hall–Kier alpha value is -1.80. The zero-order chi connectivity index (χ0) is 19.8. The molecule has 0 amide bonds. The topological polar surface area (TPSA) is 104 Å². The molecule has 2 N–H and O–H groups in total. The van der Waals surface area contributed by atoms with Crippen LogP contribution in [0.3, 0.4) is 0 Å². The highest BCUT2D eigenvalue weighted by Crippen LogP contribution is 2.18. The van der Waals surface area contributed by atoms with Crippen LogP contribution in [-0.2, 0) is 14.3 Å². The van der Waals surface area contributed by atoms with E-state index in [4.69, 9.17) is 33.3 Å². The minimum absolute atomic E-state index is 0.134. The van der Waals surface area contributed by atoms with E-state index >= 15 is 0 Å². The number of carbonyl (C=O) groups is 2. The summed E-state index contributed by atoms with van der Waals surface area (Å²) in [5.74, 6) is -0.565. The lowest BCUT2D eigenvalue weighted by Crippen LogP contribution is -2.38. The van der Waals surface area contributed by atoms with Crippen molar-refractivity contribution < 1.29 is 19.4 Å². The molecule has 2 heterocycles. The average Bonchev–Trinajstić information content (AvgIpc) is 2.65. The summed E-state index contributed by atoms with van der Waals surface area (Å²) in [4.78, 5) is 29.7. The first-order valence-corrected chi connectivity index (χ1v) is 9.33. The van der Waals surface area contributed by atoms with Crippen LogP contribution in [0.1, 0.15) is 25.0 Å². The molecule has 0 bridgehead atoms. The van der Waals surface area contributed by atoms with Gasteiger partial charge in [-0.2, -0.15) is 0 Å². The Balaban J connectivity index is 2.14. The first-order chi connectivity index (χ1) is 12.9. The monoisotopic (exact) mass is 413 g/mol. The van der Waals surface area contributed by atoms with Crippen LogP contribution in [0.25, 0.3) is 0 Å². The summed E-state index contributed by atoms with van der Waals surface area (Å²) in [6.07, 6.45) is 3.87. The summed E-state index contributed by atoms with van der Waals surface area (Å²) in [6, 6.07) is 4.76. The second-order valence-electron chi connectivity index (χ2n) is 6.17. The van der Waals surface area contributed by atoms with E-state index in [2.05, 4.69) is 9.88 Å². The third-order valence-electron chi connectivity index (χ3n) is 4.11. The van der Waals surface area contributed by atoms with E-state index in [0.29, 0.717) is 6.54 Å². The smallest absolute Gasteiger partial charge is 0.288 e. The molecule has 1 aromatic heterocycles. The summed E-state index contributed by atoms with van der Waals surface area (Å²) in [6.45, 7) is 1.91. The second-order valence-corrected chi connectivity index (χ2v) is 6.85. The van der Waals surface area contributed by atoms with Crippen molar-refractivity contribution in [1.29, 1.82) is 5.41 Å². The first-order valence-electron chi connectivity index (χ1n) is 8.57. The van der Waals surface area contributed by atoms with Gasteiger partial charge in [-0.3, -0.25) is 20.0 Å². The van der Waals surface area contributed by atoms with Gasteiger partial charge in [-0.15, -0.1) is 0 Å². The van der Waals surface area contributed by atoms with Gasteiger partial charge in [-0.1, -0.05) is 12.5 Å². The fourth-order valence-electron chi connectivity index (χ4n) is 2.84. The number of aliphatic hydroxyl groups excluding tert-OH is 1. The fraction of sp³-hybridized carbons (Fsp3) is 0.444. The number of allylic oxidation sites excluding steroid dienone is 2.